The van der Waals surface area contributed by atoms with Crippen LogP contribution in [0.3, 0.4) is 0 Å². The maximum absolute atomic E-state index is 5.74. The number of rotatable bonds is 3. The van der Waals surface area contributed by atoms with Crippen LogP contribution >= 0.6 is 11.6 Å². The molecule has 0 N–H and O–H groups in total. The highest BCUT2D eigenvalue weighted by Gasteiger charge is 2.22. The van der Waals surface area contributed by atoms with Crippen molar-refractivity contribution in [3.05, 3.63) is 0 Å². The lowest BCUT2D eigenvalue weighted by Gasteiger charge is -2.27. The van der Waals surface area contributed by atoms with E-state index in [1.165, 1.54) is 0 Å². The molecule has 2 unspecified atom stereocenters. The maximum atomic E-state index is 5.74. The molecular weight excluding hydrogens is 162 g/mol. The number of alkyl halides is 1. The van der Waals surface area contributed by atoms with Crippen LogP contribution < -0.4 is 0 Å². The summed E-state index contributed by atoms with van der Waals surface area (Å²) in [7, 11) is 2.12. The van der Waals surface area contributed by atoms with E-state index in [0.29, 0.717) is 18.0 Å². The van der Waals surface area contributed by atoms with Crippen molar-refractivity contribution in [3.8, 4) is 0 Å². The Balaban J connectivity index is 2.32. The van der Waals surface area contributed by atoms with E-state index in [1.54, 1.807) is 0 Å². The van der Waals surface area contributed by atoms with Gasteiger partial charge in [0.05, 0.1) is 6.61 Å². The zero-order valence-electron chi connectivity index (χ0n) is 7.22. The molecule has 1 rings (SSSR count). The first kappa shape index (κ1) is 9.30. The molecule has 2 atom stereocenters. The Hall–Kier alpha value is 0.210. The van der Waals surface area contributed by atoms with E-state index in [2.05, 4.69) is 18.9 Å². The SMILES string of the molecule is CC(CCl)N(C)C1CCOC1. The molecule has 0 saturated carbocycles. The van der Waals surface area contributed by atoms with E-state index < -0.39 is 0 Å². The van der Waals surface area contributed by atoms with Crippen LogP contribution in [0.5, 0.6) is 0 Å². The standard InChI is InChI=1S/C8H16ClNO/c1-7(5-9)10(2)8-3-4-11-6-8/h7-8H,3-6H2,1-2H3. The molecule has 0 amide bonds. The van der Waals surface area contributed by atoms with Crippen LogP contribution in [0.1, 0.15) is 13.3 Å². The highest BCUT2D eigenvalue weighted by atomic mass is 35.5. The molecule has 1 aliphatic rings. The van der Waals surface area contributed by atoms with Crippen molar-refractivity contribution in [1.29, 1.82) is 0 Å². The summed E-state index contributed by atoms with van der Waals surface area (Å²) >= 11 is 5.74. The topological polar surface area (TPSA) is 12.5 Å². The third-order valence-corrected chi connectivity index (χ3v) is 2.85. The van der Waals surface area contributed by atoms with Crippen LogP contribution in [0, 0.1) is 0 Å². The van der Waals surface area contributed by atoms with Gasteiger partial charge in [0.2, 0.25) is 0 Å². The Morgan fingerprint density at radius 3 is 2.91 bits per heavy atom. The van der Waals surface area contributed by atoms with E-state index in [4.69, 9.17) is 16.3 Å². The molecule has 0 spiro atoms. The lowest BCUT2D eigenvalue weighted by molar-refractivity contribution is 0.144. The highest BCUT2D eigenvalue weighted by Crippen LogP contribution is 2.13. The molecule has 1 aliphatic heterocycles. The fourth-order valence-electron chi connectivity index (χ4n) is 1.31. The molecule has 3 heteroatoms. The Morgan fingerprint density at radius 2 is 2.45 bits per heavy atom. The van der Waals surface area contributed by atoms with Gasteiger partial charge in [-0.05, 0) is 20.4 Å². The second-order valence-electron chi connectivity index (χ2n) is 3.19. The third kappa shape index (κ3) is 2.32. The minimum Gasteiger partial charge on any atom is -0.380 e. The Morgan fingerprint density at radius 1 is 1.73 bits per heavy atom. The molecule has 1 saturated heterocycles. The molecule has 0 bridgehead atoms. The van der Waals surface area contributed by atoms with E-state index in [0.717, 1.165) is 19.6 Å². The average Bonchev–Trinajstić information content (AvgIpc) is 2.53. The molecular formula is C8H16ClNO. The van der Waals surface area contributed by atoms with Gasteiger partial charge in [-0.15, -0.1) is 11.6 Å². The first-order valence-corrected chi connectivity index (χ1v) is 4.64. The monoisotopic (exact) mass is 177 g/mol. The van der Waals surface area contributed by atoms with Crippen molar-refractivity contribution >= 4 is 11.6 Å². The number of ether oxygens (including phenoxy) is 1. The summed E-state index contributed by atoms with van der Waals surface area (Å²) in [6, 6.07) is 1.05. The number of hydrogen-bond acceptors (Lipinski definition) is 2. The van der Waals surface area contributed by atoms with Crippen molar-refractivity contribution < 1.29 is 4.74 Å². The fraction of sp³-hybridized carbons (Fsp3) is 1.00. The van der Waals surface area contributed by atoms with Gasteiger partial charge in [-0.3, -0.25) is 4.90 Å². The van der Waals surface area contributed by atoms with Crippen molar-refractivity contribution in [2.45, 2.75) is 25.4 Å². The summed E-state index contributed by atoms with van der Waals surface area (Å²) in [5.74, 6) is 0.701. The molecule has 11 heavy (non-hydrogen) atoms. The lowest BCUT2D eigenvalue weighted by Crippen LogP contribution is -2.39. The van der Waals surface area contributed by atoms with E-state index in [-0.39, 0.29) is 0 Å². The highest BCUT2D eigenvalue weighted by molar-refractivity contribution is 6.18. The predicted octanol–water partition coefficient (Wildman–Crippen LogP) is 1.33. The van der Waals surface area contributed by atoms with Gasteiger partial charge < -0.3 is 4.74 Å². The zero-order chi connectivity index (χ0) is 8.27. The molecule has 1 fully saturated rings. The van der Waals surface area contributed by atoms with Crippen LogP contribution in [-0.4, -0.2) is 43.1 Å². The largest absolute Gasteiger partial charge is 0.380 e. The molecule has 66 valence electrons. The molecule has 0 aliphatic carbocycles. The predicted molar refractivity (Wildman–Crippen MR) is 47.2 cm³/mol. The smallest absolute Gasteiger partial charge is 0.0622 e. The van der Waals surface area contributed by atoms with Crippen LogP contribution in [0.2, 0.25) is 0 Å². The van der Waals surface area contributed by atoms with Gasteiger partial charge in [0.1, 0.15) is 0 Å². The van der Waals surface area contributed by atoms with E-state index in [1.807, 2.05) is 0 Å². The van der Waals surface area contributed by atoms with Gasteiger partial charge in [-0.2, -0.15) is 0 Å². The van der Waals surface area contributed by atoms with Crippen LogP contribution in [0.4, 0.5) is 0 Å². The molecule has 1 heterocycles. The molecule has 0 aromatic heterocycles. The zero-order valence-corrected chi connectivity index (χ0v) is 7.97. The summed E-state index contributed by atoms with van der Waals surface area (Å²) in [4.78, 5) is 2.31. The van der Waals surface area contributed by atoms with Crippen LogP contribution in [-0.2, 0) is 4.74 Å². The molecule has 0 radical (unpaired) electrons. The van der Waals surface area contributed by atoms with Gasteiger partial charge >= 0.3 is 0 Å². The number of nitrogens with zero attached hydrogens (tertiary/aromatic N) is 1. The van der Waals surface area contributed by atoms with Crippen LogP contribution in [0.15, 0.2) is 0 Å². The maximum Gasteiger partial charge on any atom is 0.0622 e. The number of likely N-dealkylation sites (N-methyl/N-ethyl adjacent to an activating group) is 1. The first-order valence-electron chi connectivity index (χ1n) is 4.11. The average molecular weight is 178 g/mol. The Labute approximate surface area is 73.5 Å². The minimum atomic E-state index is 0.461. The van der Waals surface area contributed by atoms with Crippen molar-refractivity contribution in [2.75, 3.05) is 26.1 Å². The van der Waals surface area contributed by atoms with Crippen LogP contribution in [0.25, 0.3) is 0 Å². The number of hydrogen-bond donors (Lipinski definition) is 0. The summed E-state index contributed by atoms with van der Waals surface area (Å²) in [5, 5.41) is 0. The summed E-state index contributed by atoms with van der Waals surface area (Å²) in [6.45, 7) is 3.92. The third-order valence-electron chi connectivity index (χ3n) is 2.40. The van der Waals surface area contributed by atoms with Gasteiger partial charge in [-0.1, -0.05) is 0 Å². The Bertz CT molecular complexity index is 115. The summed E-state index contributed by atoms with van der Waals surface area (Å²) < 4.78 is 5.29. The van der Waals surface area contributed by atoms with E-state index in [9.17, 15) is 0 Å². The summed E-state index contributed by atoms with van der Waals surface area (Å²) in [6.07, 6.45) is 1.15. The molecule has 0 aromatic carbocycles. The van der Waals surface area contributed by atoms with Crippen molar-refractivity contribution in [3.63, 3.8) is 0 Å². The fourth-order valence-corrected chi connectivity index (χ4v) is 1.53. The van der Waals surface area contributed by atoms with Crippen molar-refractivity contribution in [2.24, 2.45) is 0 Å². The molecule has 0 aromatic rings. The first-order chi connectivity index (χ1) is 5.25. The number of halogens is 1. The minimum absolute atomic E-state index is 0.461. The normalized spacial score (nSPS) is 27.8. The van der Waals surface area contributed by atoms with Gasteiger partial charge in [-0.25, -0.2) is 0 Å². The second kappa shape index (κ2) is 4.29. The second-order valence-corrected chi connectivity index (χ2v) is 3.49. The summed E-state index contributed by atoms with van der Waals surface area (Å²) in [5.41, 5.74) is 0. The molecule has 2 nitrogen and oxygen atoms in total. The van der Waals surface area contributed by atoms with Gasteiger partial charge in [0, 0.05) is 24.6 Å². The Kier molecular flexibility index (Phi) is 3.63. The van der Waals surface area contributed by atoms with E-state index >= 15 is 0 Å². The van der Waals surface area contributed by atoms with Crippen molar-refractivity contribution in [1.82, 2.24) is 4.90 Å². The van der Waals surface area contributed by atoms with Gasteiger partial charge in [0.25, 0.3) is 0 Å². The quantitative estimate of drug-likeness (QED) is 0.604. The van der Waals surface area contributed by atoms with Gasteiger partial charge in [0.15, 0.2) is 0 Å². The lowest BCUT2D eigenvalue weighted by atomic mass is 10.2.